The summed E-state index contributed by atoms with van der Waals surface area (Å²) in [6, 6.07) is 5.74. The molecular formula is C16H22F3NO. The van der Waals surface area contributed by atoms with E-state index in [9.17, 15) is 13.2 Å². The van der Waals surface area contributed by atoms with Crippen LogP contribution in [0.4, 0.5) is 13.2 Å². The third kappa shape index (κ3) is 3.58. The van der Waals surface area contributed by atoms with Crippen molar-refractivity contribution in [1.29, 1.82) is 0 Å². The Morgan fingerprint density at radius 3 is 2.62 bits per heavy atom. The molecule has 0 bridgehead atoms. The molecule has 5 heteroatoms. The highest BCUT2D eigenvalue weighted by Crippen LogP contribution is 2.42. The number of hydrogen-bond donors (Lipinski definition) is 1. The summed E-state index contributed by atoms with van der Waals surface area (Å²) in [7, 11) is 0. The zero-order valence-electron chi connectivity index (χ0n) is 12.6. The van der Waals surface area contributed by atoms with Crippen LogP contribution in [0.15, 0.2) is 24.3 Å². The second-order valence-corrected chi connectivity index (χ2v) is 6.13. The van der Waals surface area contributed by atoms with Crippen LogP contribution < -0.4 is 5.32 Å². The SMILES string of the molecule is CCOC1CC(NCc2cccc(C(F)(F)F)c2)C1(C)C. The van der Waals surface area contributed by atoms with Crippen LogP contribution in [0.1, 0.15) is 38.3 Å². The van der Waals surface area contributed by atoms with Crippen LogP contribution in [0, 0.1) is 5.41 Å². The quantitative estimate of drug-likeness (QED) is 0.887. The summed E-state index contributed by atoms with van der Waals surface area (Å²) in [5.74, 6) is 0. The van der Waals surface area contributed by atoms with Crippen molar-refractivity contribution in [2.75, 3.05) is 6.61 Å². The highest BCUT2D eigenvalue weighted by molar-refractivity contribution is 5.25. The summed E-state index contributed by atoms with van der Waals surface area (Å²) in [5, 5.41) is 3.35. The standard InChI is InChI=1S/C16H22F3NO/c1-4-21-14-9-13(15(14,2)3)20-10-11-6-5-7-12(8-11)16(17,18)19/h5-8,13-14,20H,4,9-10H2,1-3H3. The molecule has 118 valence electrons. The number of halogens is 3. The van der Waals surface area contributed by atoms with E-state index in [1.807, 2.05) is 6.92 Å². The monoisotopic (exact) mass is 301 g/mol. The van der Waals surface area contributed by atoms with Crippen molar-refractivity contribution in [1.82, 2.24) is 5.32 Å². The molecule has 0 radical (unpaired) electrons. The number of hydrogen-bond acceptors (Lipinski definition) is 2. The Kier molecular flexibility index (Phi) is 4.63. The molecule has 0 heterocycles. The maximum atomic E-state index is 12.7. The Morgan fingerprint density at radius 1 is 1.33 bits per heavy atom. The Labute approximate surface area is 123 Å². The van der Waals surface area contributed by atoms with Gasteiger partial charge in [0.15, 0.2) is 0 Å². The molecule has 1 fully saturated rings. The molecule has 21 heavy (non-hydrogen) atoms. The van der Waals surface area contributed by atoms with E-state index in [-0.39, 0.29) is 17.6 Å². The molecule has 0 aromatic heterocycles. The summed E-state index contributed by atoms with van der Waals surface area (Å²) in [6.45, 7) is 7.35. The molecule has 0 amide bonds. The largest absolute Gasteiger partial charge is 0.416 e. The Hall–Kier alpha value is -1.07. The predicted octanol–water partition coefficient (Wildman–Crippen LogP) is 4.00. The van der Waals surface area contributed by atoms with Gasteiger partial charge in [0.25, 0.3) is 0 Å². The molecule has 0 spiro atoms. The maximum Gasteiger partial charge on any atom is 0.416 e. The van der Waals surface area contributed by atoms with Crippen molar-refractivity contribution in [3.8, 4) is 0 Å². The lowest BCUT2D eigenvalue weighted by Crippen LogP contribution is -2.60. The van der Waals surface area contributed by atoms with E-state index in [0.717, 1.165) is 12.5 Å². The van der Waals surface area contributed by atoms with Gasteiger partial charge in [-0.05, 0) is 25.0 Å². The van der Waals surface area contributed by atoms with Gasteiger partial charge in [0.1, 0.15) is 0 Å². The first-order chi connectivity index (χ1) is 9.75. The van der Waals surface area contributed by atoms with Gasteiger partial charge < -0.3 is 10.1 Å². The van der Waals surface area contributed by atoms with Gasteiger partial charge in [-0.15, -0.1) is 0 Å². The summed E-state index contributed by atoms with van der Waals surface area (Å²) in [5.41, 5.74) is 0.0693. The van der Waals surface area contributed by atoms with Crippen LogP contribution in [0.25, 0.3) is 0 Å². The Balaban J connectivity index is 1.93. The Morgan fingerprint density at radius 2 is 2.05 bits per heavy atom. The summed E-state index contributed by atoms with van der Waals surface area (Å²) < 4.78 is 43.6. The minimum atomic E-state index is -4.29. The van der Waals surface area contributed by atoms with Gasteiger partial charge in [-0.1, -0.05) is 32.0 Å². The molecule has 2 rings (SSSR count). The molecule has 2 unspecified atom stereocenters. The van der Waals surface area contributed by atoms with Gasteiger partial charge in [-0.2, -0.15) is 13.2 Å². The predicted molar refractivity (Wildman–Crippen MR) is 75.9 cm³/mol. The number of ether oxygens (including phenoxy) is 1. The molecule has 1 N–H and O–H groups in total. The van der Waals surface area contributed by atoms with Crippen LogP contribution in [-0.4, -0.2) is 18.8 Å². The van der Waals surface area contributed by atoms with Gasteiger partial charge >= 0.3 is 6.18 Å². The lowest BCUT2D eigenvalue weighted by molar-refractivity contribution is -0.137. The van der Waals surface area contributed by atoms with Crippen LogP contribution in [0.3, 0.4) is 0 Å². The van der Waals surface area contributed by atoms with Crippen LogP contribution in [-0.2, 0) is 17.5 Å². The smallest absolute Gasteiger partial charge is 0.378 e. The van der Waals surface area contributed by atoms with Gasteiger partial charge in [-0.3, -0.25) is 0 Å². The fourth-order valence-electron chi connectivity index (χ4n) is 2.81. The number of rotatable bonds is 5. The third-order valence-electron chi connectivity index (χ3n) is 4.35. The fourth-order valence-corrected chi connectivity index (χ4v) is 2.81. The molecule has 1 aliphatic carbocycles. The first kappa shape index (κ1) is 16.3. The minimum absolute atomic E-state index is 0.0116. The van der Waals surface area contributed by atoms with E-state index < -0.39 is 11.7 Å². The van der Waals surface area contributed by atoms with E-state index in [0.29, 0.717) is 18.7 Å². The first-order valence-electron chi connectivity index (χ1n) is 7.26. The van der Waals surface area contributed by atoms with Gasteiger partial charge in [-0.25, -0.2) is 0 Å². The number of benzene rings is 1. The highest BCUT2D eigenvalue weighted by atomic mass is 19.4. The van der Waals surface area contributed by atoms with Crippen LogP contribution in [0.2, 0.25) is 0 Å². The normalized spacial score (nSPS) is 24.7. The molecule has 0 aliphatic heterocycles. The van der Waals surface area contributed by atoms with E-state index in [1.165, 1.54) is 12.1 Å². The molecule has 1 aromatic carbocycles. The van der Waals surface area contributed by atoms with Crippen molar-refractivity contribution in [3.05, 3.63) is 35.4 Å². The first-order valence-corrected chi connectivity index (χ1v) is 7.26. The van der Waals surface area contributed by atoms with Crippen LogP contribution in [0.5, 0.6) is 0 Å². The summed E-state index contributed by atoms with van der Waals surface area (Å²) >= 11 is 0. The average Bonchev–Trinajstić information content (AvgIpc) is 2.41. The number of alkyl halides is 3. The molecular weight excluding hydrogens is 279 g/mol. The topological polar surface area (TPSA) is 21.3 Å². The highest BCUT2D eigenvalue weighted by Gasteiger charge is 2.48. The fraction of sp³-hybridized carbons (Fsp3) is 0.625. The third-order valence-corrected chi connectivity index (χ3v) is 4.35. The zero-order valence-corrected chi connectivity index (χ0v) is 12.6. The molecule has 2 nitrogen and oxygen atoms in total. The lowest BCUT2D eigenvalue weighted by Gasteiger charge is -2.52. The number of nitrogens with one attached hydrogen (secondary N) is 1. The molecule has 1 aromatic rings. The van der Waals surface area contributed by atoms with Crippen molar-refractivity contribution >= 4 is 0 Å². The maximum absolute atomic E-state index is 12.7. The second-order valence-electron chi connectivity index (χ2n) is 6.13. The molecule has 0 saturated heterocycles. The van der Waals surface area contributed by atoms with Gasteiger partial charge in [0.2, 0.25) is 0 Å². The molecule has 2 atom stereocenters. The molecule has 1 aliphatic rings. The second kappa shape index (κ2) is 5.97. The van der Waals surface area contributed by atoms with Crippen molar-refractivity contribution in [2.24, 2.45) is 5.41 Å². The Bertz CT molecular complexity index is 485. The van der Waals surface area contributed by atoms with Crippen molar-refractivity contribution < 1.29 is 17.9 Å². The van der Waals surface area contributed by atoms with Crippen LogP contribution >= 0.6 is 0 Å². The minimum Gasteiger partial charge on any atom is -0.378 e. The van der Waals surface area contributed by atoms with Gasteiger partial charge in [0.05, 0.1) is 11.7 Å². The summed E-state index contributed by atoms with van der Waals surface area (Å²) in [4.78, 5) is 0. The van der Waals surface area contributed by atoms with E-state index in [2.05, 4.69) is 19.2 Å². The van der Waals surface area contributed by atoms with Gasteiger partial charge in [0, 0.05) is 24.6 Å². The zero-order chi connectivity index (χ0) is 15.7. The summed E-state index contributed by atoms with van der Waals surface area (Å²) in [6.07, 6.45) is -3.16. The van der Waals surface area contributed by atoms with E-state index >= 15 is 0 Å². The lowest BCUT2D eigenvalue weighted by atomic mass is 9.64. The van der Waals surface area contributed by atoms with E-state index in [4.69, 9.17) is 4.74 Å². The van der Waals surface area contributed by atoms with E-state index in [1.54, 1.807) is 6.07 Å². The molecule has 1 saturated carbocycles. The van der Waals surface area contributed by atoms with Crippen molar-refractivity contribution in [3.63, 3.8) is 0 Å². The van der Waals surface area contributed by atoms with Crippen molar-refractivity contribution in [2.45, 2.75) is 52.1 Å². The average molecular weight is 301 g/mol.